The second-order valence-electron chi connectivity index (χ2n) is 16.7. The van der Waals surface area contributed by atoms with Crippen LogP contribution in [-0.4, -0.2) is 165 Å². The summed E-state index contributed by atoms with van der Waals surface area (Å²) >= 11 is 0. The molecule has 28 nitrogen and oxygen atoms in total. The Morgan fingerprint density at radius 2 is 0.929 bits per heavy atom. The monoisotopic (exact) mass is 995 g/mol. The highest BCUT2D eigenvalue weighted by Gasteiger charge is 2.35. The lowest BCUT2D eigenvalue weighted by atomic mass is 10.0. The van der Waals surface area contributed by atoms with Crippen molar-refractivity contribution >= 4 is 71.0 Å². The number of aliphatic carboxylic acids is 2. The third-order valence-corrected chi connectivity index (χ3v) is 10.2. The van der Waals surface area contributed by atoms with Crippen molar-refractivity contribution in [3.05, 3.63) is 29.8 Å². The number of primary amides is 2. The Hall–Kier alpha value is -7.46. The molecule has 0 spiro atoms. The smallest absolute Gasteiger partial charge is 0.326 e. The van der Waals surface area contributed by atoms with E-state index in [-0.39, 0.29) is 12.2 Å². The summed E-state index contributed by atoms with van der Waals surface area (Å²) in [5.41, 5.74) is 16.5. The topological polar surface area (TPSA) is 480 Å². The van der Waals surface area contributed by atoms with Crippen molar-refractivity contribution in [2.24, 2.45) is 29.0 Å². The Balaban J connectivity index is 3.48. The molecule has 28 heteroatoms. The molecule has 0 saturated heterocycles. The number of nitrogens with two attached hydrogens (primary N) is 3. The Morgan fingerprint density at radius 3 is 1.36 bits per heavy atom. The second kappa shape index (κ2) is 30.1. The SMILES string of the molecule is CC(C)[C@H](NC(=O)[C@H](CO)NC(=O)[C@H](Cc1ccc(O)cc1)NC(=O)[C@H](CCC(N)=O)NC(=O)[C@H](CCC(N)=O)NC(=O)[C@H](CCC(=O)O)NC(=O)CNC(=O)[C@@H](NC(=O)[C@@H](N)CO)C(C)C)C(=O)O. The zero-order valence-electron chi connectivity index (χ0n) is 39.0. The molecule has 19 N–H and O–H groups in total. The van der Waals surface area contributed by atoms with Gasteiger partial charge in [0.1, 0.15) is 54.1 Å². The summed E-state index contributed by atoms with van der Waals surface area (Å²) < 4.78 is 0. The van der Waals surface area contributed by atoms with Crippen molar-refractivity contribution in [2.75, 3.05) is 19.8 Å². The van der Waals surface area contributed by atoms with Gasteiger partial charge in [-0.2, -0.15) is 0 Å². The molecular formula is C42H65N11O17. The Kier molecular flexibility index (Phi) is 26.1. The number of carbonyl (C=O) groups is 12. The first-order valence-electron chi connectivity index (χ1n) is 21.9. The fourth-order valence-electron chi connectivity index (χ4n) is 6.18. The minimum atomic E-state index is -1.77. The van der Waals surface area contributed by atoms with Crippen LogP contribution in [0.2, 0.25) is 0 Å². The van der Waals surface area contributed by atoms with Gasteiger partial charge < -0.3 is 85.3 Å². The van der Waals surface area contributed by atoms with Crippen molar-refractivity contribution in [3.63, 3.8) is 0 Å². The van der Waals surface area contributed by atoms with Crippen LogP contribution in [0.4, 0.5) is 0 Å². The van der Waals surface area contributed by atoms with Gasteiger partial charge >= 0.3 is 11.9 Å². The van der Waals surface area contributed by atoms with Crippen LogP contribution in [-0.2, 0) is 64.0 Å². The number of phenols is 1. The Bertz CT molecular complexity index is 2040. The fraction of sp³-hybridized carbons (Fsp3) is 0.571. The van der Waals surface area contributed by atoms with E-state index in [2.05, 4.69) is 42.5 Å². The largest absolute Gasteiger partial charge is 0.508 e. The average molecular weight is 996 g/mol. The molecule has 0 aliphatic carbocycles. The van der Waals surface area contributed by atoms with Gasteiger partial charge in [0.2, 0.25) is 59.1 Å². The molecule has 390 valence electrons. The summed E-state index contributed by atoms with van der Waals surface area (Å²) in [6, 6.07) is -7.39. The standard InChI is InChI=1S/C42H65N11O17/c1-19(2)33(52-35(62)23(43)17-54)41(68)46-16-31(59)47-24(11-14-32(60)61)36(63)48-25(9-12-29(44)57)37(64)49-26(10-13-30(45)58)38(65)50-27(15-21-5-7-22(56)8-6-21)39(66)51-28(18-55)40(67)53-34(20(3)4)42(69)70/h5-8,19-20,23-28,33-34,54-56H,9-18,43H2,1-4H3,(H2,44,57)(H2,45,58)(H,46,68)(H,47,59)(H,48,63)(H,49,64)(H,50,65)(H,51,66)(H,52,62)(H,53,67)(H,60,61)(H,69,70)/t23-,24-,25-,26-,27-,28-,33-,34-/m0/s1. The maximum Gasteiger partial charge on any atom is 0.326 e. The highest BCUT2D eigenvalue weighted by Crippen LogP contribution is 2.13. The quantitative estimate of drug-likeness (QED) is 0.0319. The van der Waals surface area contributed by atoms with E-state index in [1.54, 1.807) is 13.8 Å². The van der Waals surface area contributed by atoms with Gasteiger partial charge in [0.25, 0.3) is 0 Å². The van der Waals surface area contributed by atoms with E-state index in [1.807, 2.05) is 0 Å². The van der Waals surface area contributed by atoms with Gasteiger partial charge in [-0.25, -0.2) is 4.79 Å². The van der Waals surface area contributed by atoms with Crippen LogP contribution in [0.1, 0.15) is 71.8 Å². The molecule has 0 fully saturated rings. The predicted molar refractivity (Wildman–Crippen MR) is 242 cm³/mol. The zero-order valence-corrected chi connectivity index (χ0v) is 39.0. The fourth-order valence-corrected chi connectivity index (χ4v) is 6.18. The first-order chi connectivity index (χ1) is 32.7. The van der Waals surface area contributed by atoms with Crippen molar-refractivity contribution in [3.8, 4) is 5.75 Å². The molecule has 0 heterocycles. The molecule has 0 aromatic heterocycles. The molecule has 8 atom stereocenters. The lowest BCUT2D eigenvalue weighted by Crippen LogP contribution is -2.60. The minimum Gasteiger partial charge on any atom is -0.508 e. The van der Waals surface area contributed by atoms with Crippen molar-refractivity contribution in [1.29, 1.82) is 0 Å². The number of phenolic OH excluding ortho intramolecular Hbond substituents is 1. The van der Waals surface area contributed by atoms with E-state index >= 15 is 0 Å². The Labute approximate surface area is 401 Å². The van der Waals surface area contributed by atoms with Gasteiger partial charge in [0.05, 0.1) is 19.8 Å². The van der Waals surface area contributed by atoms with Gasteiger partial charge in [0.15, 0.2) is 0 Å². The third kappa shape index (κ3) is 22.1. The van der Waals surface area contributed by atoms with Gasteiger partial charge in [0, 0.05) is 25.7 Å². The number of carbonyl (C=O) groups excluding carboxylic acids is 10. The number of aliphatic hydroxyl groups excluding tert-OH is 2. The molecule has 1 aromatic rings. The van der Waals surface area contributed by atoms with Gasteiger partial charge in [-0.15, -0.1) is 0 Å². The van der Waals surface area contributed by atoms with E-state index in [9.17, 15) is 78.0 Å². The van der Waals surface area contributed by atoms with Crippen molar-refractivity contribution in [2.45, 2.75) is 121 Å². The van der Waals surface area contributed by atoms with Crippen LogP contribution in [0.25, 0.3) is 0 Å². The number of nitrogens with one attached hydrogen (secondary N) is 8. The van der Waals surface area contributed by atoms with Crippen molar-refractivity contribution in [1.82, 2.24) is 42.5 Å². The average Bonchev–Trinajstić information content (AvgIpc) is 3.28. The number of aromatic hydroxyl groups is 1. The molecule has 0 aliphatic heterocycles. The number of benzene rings is 1. The summed E-state index contributed by atoms with van der Waals surface area (Å²) in [4.78, 5) is 153. The van der Waals surface area contributed by atoms with Crippen LogP contribution in [0, 0.1) is 11.8 Å². The van der Waals surface area contributed by atoms with Gasteiger partial charge in [-0.05, 0) is 48.8 Å². The predicted octanol–water partition coefficient (Wildman–Crippen LogP) is -6.45. The van der Waals surface area contributed by atoms with Crippen LogP contribution in [0.3, 0.4) is 0 Å². The third-order valence-electron chi connectivity index (χ3n) is 10.2. The zero-order chi connectivity index (χ0) is 53.4. The van der Waals surface area contributed by atoms with Crippen LogP contribution >= 0.6 is 0 Å². The molecule has 0 bridgehead atoms. The van der Waals surface area contributed by atoms with Crippen LogP contribution in [0.5, 0.6) is 5.75 Å². The molecule has 0 unspecified atom stereocenters. The summed E-state index contributed by atoms with van der Waals surface area (Å²) in [7, 11) is 0. The summed E-state index contributed by atoms with van der Waals surface area (Å²) in [6.07, 6.45) is -3.87. The highest BCUT2D eigenvalue weighted by molar-refractivity contribution is 5.98. The van der Waals surface area contributed by atoms with E-state index < -0.39 is 189 Å². The number of carboxylic acid groups (broad SMARTS) is 2. The highest BCUT2D eigenvalue weighted by atomic mass is 16.4. The number of carboxylic acids is 2. The van der Waals surface area contributed by atoms with Crippen LogP contribution in [0.15, 0.2) is 24.3 Å². The van der Waals surface area contributed by atoms with E-state index in [0.717, 1.165) is 0 Å². The molecule has 70 heavy (non-hydrogen) atoms. The van der Waals surface area contributed by atoms with Gasteiger partial charge in [-0.3, -0.25) is 52.7 Å². The molecule has 0 radical (unpaired) electrons. The Morgan fingerprint density at radius 1 is 0.514 bits per heavy atom. The molecule has 1 aromatic carbocycles. The van der Waals surface area contributed by atoms with E-state index in [0.29, 0.717) is 5.56 Å². The first kappa shape index (κ1) is 60.6. The number of hydrogen-bond donors (Lipinski definition) is 16. The number of hydrogen-bond acceptors (Lipinski definition) is 16. The van der Waals surface area contributed by atoms with E-state index in [4.69, 9.17) is 22.3 Å². The summed E-state index contributed by atoms with van der Waals surface area (Å²) in [6.45, 7) is 3.54. The number of aliphatic hydroxyl groups is 2. The maximum absolute atomic E-state index is 14.0. The number of amides is 10. The molecule has 10 amide bonds. The first-order valence-corrected chi connectivity index (χ1v) is 21.9. The molecule has 0 saturated carbocycles. The summed E-state index contributed by atoms with van der Waals surface area (Å²) in [5, 5.41) is 66.1. The van der Waals surface area contributed by atoms with E-state index in [1.165, 1.54) is 38.1 Å². The normalized spacial score (nSPS) is 14.4. The number of rotatable bonds is 32. The molecular weight excluding hydrogens is 931 g/mol. The molecule has 1 rings (SSSR count). The summed E-state index contributed by atoms with van der Waals surface area (Å²) in [5.74, 6) is -14.6. The second-order valence-corrected chi connectivity index (χ2v) is 16.7. The molecule has 0 aliphatic rings. The lowest BCUT2D eigenvalue weighted by Gasteiger charge is -2.27. The van der Waals surface area contributed by atoms with Gasteiger partial charge in [-0.1, -0.05) is 39.8 Å². The maximum atomic E-state index is 14.0. The van der Waals surface area contributed by atoms with Crippen molar-refractivity contribution < 1.29 is 83.1 Å². The lowest BCUT2D eigenvalue weighted by molar-refractivity contribution is -0.144. The minimum absolute atomic E-state index is 0.166. The van der Waals surface area contributed by atoms with Crippen LogP contribution < -0.4 is 59.7 Å².